The standard InChI is InChI=1S/C25H21F8N9O3/c26-16(11-41(23(44)20-10-36-39-37-20)12-17-2-1-15(9-34-17)24(28,29)30)5-6-42-13-21(38-40-42)22(43)35-8-14-7-18(3-4-19(14)27)45-25(31,32)33/h1-4,7,9-10,13,16H,5-6,8,11-12H2,(H,35,43)(H,36,37,39). The minimum absolute atomic E-state index is 0.0541. The average Bonchev–Trinajstić information content (AvgIpc) is 3.68. The van der Waals surface area contributed by atoms with Gasteiger partial charge in [0.15, 0.2) is 11.4 Å². The van der Waals surface area contributed by atoms with Gasteiger partial charge in [0.1, 0.15) is 17.7 Å². The topological polar surface area (TPSA) is 144 Å². The summed E-state index contributed by atoms with van der Waals surface area (Å²) < 4.78 is 110. The van der Waals surface area contributed by atoms with Gasteiger partial charge in [-0.25, -0.2) is 8.78 Å². The molecule has 0 radical (unpaired) electrons. The lowest BCUT2D eigenvalue weighted by Gasteiger charge is -2.23. The summed E-state index contributed by atoms with van der Waals surface area (Å²) in [5, 5.41) is 19.0. The Hall–Kier alpha value is -5.17. The Morgan fingerprint density at radius 2 is 1.84 bits per heavy atom. The average molecular weight is 647 g/mol. The molecule has 45 heavy (non-hydrogen) atoms. The summed E-state index contributed by atoms with van der Waals surface area (Å²) in [7, 11) is 0. The van der Waals surface area contributed by atoms with Crippen molar-refractivity contribution >= 4 is 11.8 Å². The summed E-state index contributed by atoms with van der Waals surface area (Å²) in [4.78, 5) is 30.0. The van der Waals surface area contributed by atoms with Crippen LogP contribution in [0.25, 0.3) is 0 Å². The zero-order valence-corrected chi connectivity index (χ0v) is 22.6. The van der Waals surface area contributed by atoms with E-state index in [0.29, 0.717) is 6.20 Å². The SMILES string of the molecule is O=C(NCc1cc(OC(F)(F)F)ccc1F)c1cn(CCC(F)CN(Cc2ccc(C(F)(F)F)cn2)C(=O)c2c[nH]nn2)nn1. The van der Waals surface area contributed by atoms with Crippen molar-refractivity contribution in [2.45, 2.75) is 44.8 Å². The van der Waals surface area contributed by atoms with Gasteiger partial charge in [0.25, 0.3) is 11.8 Å². The van der Waals surface area contributed by atoms with E-state index >= 15 is 4.39 Å². The van der Waals surface area contributed by atoms with Gasteiger partial charge >= 0.3 is 12.5 Å². The van der Waals surface area contributed by atoms with Gasteiger partial charge < -0.3 is 15.0 Å². The number of aromatic amines is 1. The maximum atomic E-state index is 15.0. The molecule has 2 amide bonds. The van der Waals surface area contributed by atoms with Crippen molar-refractivity contribution in [3.63, 3.8) is 0 Å². The van der Waals surface area contributed by atoms with Crippen LogP contribution in [0.5, 0.6) is 5.75 Å². The summed E-state index contributed by atoms with van der Waals surface area (Å²) in [6.07, 6.45) is -8.65. The van der Waals surface area contributed by atoms with Crippen molar-refractivity contribution < 1.29 is 49.4 Å². The number of rotatable bonds is 12. The van der Waals surface area contributed by atoms with Crippen LogP contribution in [0.1, 0.15) is 44.2 Å². The fraction of sp³-hybridized carbons (Fsp3) is 0.320. The number of alkyl halides is 7. The number of aryl methyl sites for hydroxylation is 1. The molecule has 3 aromatic heterocycles. The van der Waals surface area contributed by atoms with Crippen LogP contribution in [-0.4, -0.2) is 71.2 Å². The molecule has 1 aromatic carbocycles. The second kappa shape index (κ2) is 13.6. The number of carbonyl (C=O) groups excluding carboxylic acids is 2. The van der Waals surface area contributed by atoms with Crippen LogP contribution >= 0.6 is 0 Å². The monoisotopic (exact) mass is 647 g/mol. The molecule has 4 aromatic rings. The second-order valence-electron chi connectivity index (χ2n) is 9.32. The molecule has 2 N–H and O–H groups in total. The molecule has 1 atom stereocenters. The lowest BCUT2D eigenvalue weighted by Crippen LogP contribution is -2.36. The molecule has 0 aliphatic heterocycles. The van der Waals surface area contributed by atoms with E-state index in [0.717, 1.165) is 52.3 Å². The van der Waals surface area contributed by atoms with E-state index in [-0.39, 0.29) is 42.2 Å². The highest BCUT2D eigenvalue weighted by Crippen LogP contribution is 2.28. The number of hydrogen-bond donors (Lipinski definition) is 2. The number of hydrogen-bond acceptors (Lipinski definition) is 8. The highest BCUT2D eigenvalue weighted by atomic mass is 19.4. The van der Waals surface area contributed by atoms with Gasteiger partial charge in [-0.2, -0.15) is 13.2 Å². The highest BCUT2D eigenvalue weighted by molar-refractivity contribution is 5.92. The van der Waals surface area contributed by atoms with Crippen molar-refractivity contribution in [2.75, 3.05) is 6.54 Å². The highest BCUT2D eigenvalue weighted by Gasteiger charge is 2.32. The molecule has 0 fully saturated rings. The van der Waals surface area contributed by atoms with Crippen LogP contribution in [-0.2, 0) is 25.8 Å². The Kier molecular flexibility index (Phi) is 9.92. The third-order valence-corrected chi connectivity index (χ3v) is 5.98. The fourth-order valence-electron chi connectivity index (χ4n) is 3.83. The van der Waals surface area contributed by atoms with Crippen molar-refractivity contribution in [3.8, 4) is 5.75 Å². The number of halogens is 8. The zero-order valence-electron chi connectivity index (χ0n) is 22.6. The second-order valence-corrected chi connectivity index (χ2v) is 9.32. The summed E-state index contributed by atoms with van der Waals surface area (Å²) in [5.41, 5.74) is -1.67. The fourth-order valence-corrected chi connectivity index (χ4v) is 3.83. The molecule has 1 unspecified atom stereocenters. The minimum Gasteiger partial charge on any atom is -0.406 e. The number of nitrogens with zero attached hydrogens (tertiary/aromatic N) is 7. The van der Waals surface area contributed by atoms with E-state index in [4.69, 9.17) is 0 Å². The molecule has 240 valence electrons. The van der Waals surface area contributed by atoms with E-state index in [2.05, 4.69) is 40.8 Å². The van der Waals surface area contributed by atoms with E-state index in [1.807, 2.05) is 0 Å². The molecule has 0 saturated carbocycles. The first-order valence-electron chi connectivity index (χ1n) is 12.7. The molecule has 4 rings (SSSR count). The molecule has 0 aliphatic rings. The van der Waals surface area contributed by atoms with Crippen LogP contribution in [0, 0.1) is 5.82 Å². The Labute approximate surface area is 247 Å². The molecular weight excluding hydrogens is 626 g/mol. The Morgan fingerprint density at radius 3 is 2.49 bits per heavy atom. The molecule has 0 aliphatic carbocycles. The van der Waals surface area contributed by atoms with E-state index < -0.39 is 60.7 Å². The smallest absolute Gasteiger partial charge is 0.406 e. The van der Waals surface area contributed by atoms with Crippen molar-refractivity contribution in [2.24, 2.45) is 0 Å². The first kappa shape index (κ1) is 32.7. The number of benzene rings is 1. The molecule has 12 nitrogen and oxygen atoms in total. The van der Waals surface area contributed by atoms with Crippen LogP contribution in [0.4, 0.5) is 35.1 Å². The normalized spacial score (nSPS) is 12.5. The summed E-state index contributed by atoms with van der Waals surface area (Å²) in [5.74, 6) is -3.20. The van der Waals surface area contributed by atoms with E-state index in [9.17, 15) is 40.3 Å². The quantitative estimate of drug-likeness (QED) is 0.221. The van der Waals surface area contributed by atoms with Crippen molar-refractivity contribution in [1.29, 1.82) is 0 Å². The van der Waals surface area contributed by atoms with E-state index in [1.165, 1.54) is 0 Å². The van der Waals surface area contributed by atoms with Crippen LogP contribution in [0.2, 0.25) is 0 Å². The Bertz CT molecular complexity index is 1590. The molecule has 3 heterocycles. The van der Waals surface area contributed by atoms with E-state index in [1.54, 1.807) is 0 Å². The van der Waals surface area contributed by atoms with Gasteiger partial charge in [0.05, 0.1) is 36.7 Å². The maximum Gasteiger partial charge on any atom is 0.573 e. The van der Waals surface area contributed by atoms with Crippen LogP contribution < -0.4 is 10.1 Å². The molecule has 20 heteroatoms. The maximum absolute atomic E-state index is 15.0. The third-order valence-electron chi connectivity index (χ3n) is 5.98. The summed E-state index contributed by atoms with van der Waals surface area (Å²) in [6.45, 7) is -1.50. The third kappa shape index (κ3) is 9.41. The molecular formula is C25H21F8N9O3. The van der Waals surface area contributed by atoms with Gasteiger partial charge in [0, 0.05) is 24.8 Å². The lowest BCUT2D eigenvalue weighted by atomic mass is 10.2. The largest absolute Gasteiger partial charge is 0.573 e. The van der Waals surface area contributed by atoms with Gasteiger partial charge in [-0.15, -0.1) is 23.4 Å². The Morgan fingerprint density at radius 1 is 1.07 bits per heavy atom. The van der Waals surface area contributed by atoms with Crippen molar-refractivity contribution in [3.05, 3.63) is 82.9 Å². The predicted molar refractivity (Wildman–Crippen MR) is 134 cm³/mol. The number of H-pyrrole nitrogens is 1. The minimum atomic E-state index is -5.00. The van der Waals surface area contributed by atoms with Gasteiger partial charge in [0.2, 0.25) is 0 Å². The summed E-state index contributed by atoms with van der Waals surface area (Å²) >= 11 is 0. The molecule has 0 spiro atoms. The van der Waals surface area contributed by atoms with Crippen molar-refractivity contribution in [1.82, 2.24) is 45.6 Å². The van der Waals surface area contributed by atoms with Gasteiger partial charge in [-0.05, 0) is 36.8 Å². The number of pyridine rings is 1. The number of ether oxygens (including phenoxy) is 1. The molecule has 0 bridgehead atoms. The van der Waals surface area contributed by atoms with Gasteiger partial charge in [-0.3, -0.25) is 24.4 Å². The van der Waals surface area contributed by atoms with Gasteiger partial charge in [-0.1, -0.05) is 10.4 Å². The predicted octanol–water partition coefficient (Wildman–Crippen LogP) is 3.85. The summed E-state index contributed by atoms with van der Waals surface area (Å²) in [6, 6.07) is 4.12. The van der Waals surface area contributed by atoms with Crippen LogP contribution in [0.15, 0.2) is 48.9 Å². The number of amides is 2. The number of carbonyl (C=O) groups is 2. The van der Waals surface area contributed by atoms with Crippen LogP contribution in [0.3, 0.4) is 0 Å². The zero-order chi connectivity index (χ0) is 32.8. The lowest BCUT2D eigenvalue weighted by molar-refractivity contribution is -0.274. The Balaban J connectivity index is 1.33. The first-order chi connectivity index (χ1) is 21.2. The number of nitrogens with one attached hydrogen (secondary N) is 2. The first-order valence-corrected chi connectivity index (χ1v) is 12.7. The number of aromatic nitrogens is 7. The molecule has 0 saturated heterocycles.